The highest BCUT2D eigenvalue weighted by Crippen LogP contribution is 2.54. The number of Topliss-reactive ketones (excluding diaryl/α,β-unsaturated/α-hetero) is 2. The summed E-state index contributed by atoms with van der Waals surface area (Å²) < 4.78 is 36.6. The van der Waals surface area contributed by atoms with Gasteiger partial charge in [-0.1, -0.05) is 57.5 Å². The summed E-state index contributed by atoms with van der Waals surface area (Å²) in [4.78, 5) is 29.9. The molecule has 0 bridgehead atoms. The first-order valence-corrected chi connectivity index (χ1v) is 15.5. The van der Waals surface area contributed by atoms with Crippen molar-refractivity contribution >= 4 is 21.7 Å². The quantitative estimate of drug-likeness (QED) is 0.368. The third-order valence-electron chi connectivity index (χ3n) is 8.27. The minimum Gasteiger partial charge on any atom is -0.383 e. The van der Waals surface area contributed by atoms with Crippen LogP contribution < -0.4 is 4.18 Å². The molecule has 0 spiro atoms. The number of aryl methyl sites for hydroxylation is 1. The lowest BCUT2D eigenvalue weighted by atomic mass is 9.63. The maximum atomic E-state index is 13.8. The number of carbonyl (C=O) groups is 2. The van der Waals surface area contributed by atoms with Gasteiger partial charge in [-0.25, -0.2) is 0 Å². The van der Waals surface area contributed by atoms with Crippen molar-refractivity contribution in [3.8, 4) is 5.75 Å². The van der Waals surface area contributed by atoms with E-state index in [-0.39, 0.29) is 33.0 Å². The number of carbonyl (C=O) groups excluding carboxylic acids is 2. The van der Waals surface area contributed by atoms with Crippen LogP contribution >= 0.6 is 0 Å². The van der Waals surface area contributed by atoms with E-state index in [9.17, 15) is 18.0 Å². The summed E-state index contributed by atoms with van der Waals surface area (Å²) in [5, 5.41) is 0. The lowest BCUT2D eigenvalue weighted by molar-refractivity contribution is -0.119. The number of ketones is 2. The number of benzene rings is 2. The van der Waals surface area contributed by atoms with Gasteiger partial charge in [-0.15, -0.1) is 0 Å². The first kappa shape index (κ1) is 29.3. The molecule has 2 aromatic carbocycles. The molecule has 0 radical (unpaired) electrons. The second kappa shape index (κ2) is 10.6. The molecule has 0 aromatic heterocycles. The Balaban J connectivity index is 1.59. The summed E-state index contributed by atoms with van der Waals surface area (Å²) in [6.45, 7) is 11.4. The average Bonchev–Trinajstić information content (AvgIpc) is 2.86. The highest BCUT2D eigenvalue weighted by Gasteiger charge is 2.48. The third kappa shape index (κ3) is 5.77. The maximum absolute atomic E-state index is 13.8. The van der Waals surface area contributed by atoms with Crippen LogP contribution in [0.15, 0.2) is 76.0 Å². The van der Waals surface area contributed by atoms with Crippen LogP contribution in [0.2, 0.25) is 0 Å². The number of allylic oxidation sites excluding steroid dienone is 4. The van der Waals surface area contributed by atoms with Gasteiger partial charge in [0, 0.05) is 55.0 Å². The molecular formula is C33H39NO6S. The van der Waals surface area contributed by atoms with Gasteiger partial charge in [0.25, 0.3) is 0 Å². The molecule has 1 heterocycles. The first-order valence-electron chi connectivity index (χ1n) is 14.1. The van der Waals surface area contributed by atoms with Gasteiger partial charge in [-0.2, -0.15) is 8.42 Å². The van der Waals surface area contributed by atoms with Crippen molar-refractivity contribution in [3.63, 3.8) is 0 Å². The minimum absolute atomic E-state index is 0.0510. The molecule has 0 saturated heterocycles. The van der Waals surface area contributed by atoms with Crippen molar-refractivity contribution in [2.45, 2.75) is 71.1 Å². The van der Waals surface area contributed by atoms with E-state index in [1.54, 1.807) is 43.5 Å². The largest absolute Gasteiger partial charge is 0.383 e. The number of ether oxygens (including phenoxy) is 1. The average molecular weight is 578 g/mol. The number of rotatable bonds is 7. The molecule has 2 aliphatic carbocycles. The van der Waals surface area contributed by atoms with Crippen molar-refractivity contribution in [2.24, 2.45) is 10.8 Å². The molecule has 0 saturated carbocycles. The molecule has 218 valence electrons. The number of nitrogens with zero attached hydrogens (tertiary/aromatic N) is 1. The summed E-state index contributed by atoms with van der Waals surface area (Å²) in [6, 6.07) is 13.3. The van der Waals surface area contributed by atoms with Crippen LogP contribution in [-0.2, 0) is 24.4 Å². The van der Waals surface area contributed by atoms with Gasteiger partial charge in [-0.05, 0) is 60.4 Å². The van der Waals surface area contributed by atoms with Crippen molar-refractivity contribution in [1.29, 1.82) is 0 Å². The lowest BCUT2D eigenvalue weighted by Crippen LogP contribution is -2.45. The summed E-state index contributed by atoms with van der Waals surface area (Å²) in [5.41, 5.74) is 4.60. The smallest absolute Gasteiger partial charge is 0.339 e. The Bertz CT molecular complexity index is 1490. The number of hydrogen-bond donors (Lipinski definition) is 0. The summed E-state index contributed by atoms with van der Waals surface area (Å²) in [7, 11) is -2.35. The Morgan fingerprint density at radius 1 is 0.805 bits per heavy atom. The fraction of sp³-hybridized carbons (Fsp3) is 0.455. The fourth-order valence-corrected chi connectivity index (χ4v) is 7.36. The molecule has 7 nitrogen and oxygen atoms in total. The molecule has 3 aliphatic rings. The molecule has 2 aromatic rings. The molecular weight excluding hydrogens is 538 g/mol. The van der Waals surface area contributed by atoms with Crippen LogP contribution in [0.4, 0.5) is 0 Å². The number of methoxy groups -OCH3 is 1. The van der Waals surface area contributed by atoms with Crippen LogP contribution in [0.3, 0.4) is 0 Å². The maximum Gasteiger partial charge on any atom is 0.339 e. The first-order chi connectivity index (χ1) is 19.2. The van der Waals surface area contributed by atoms with Crippen LogP contribution in [0.25, 0.3) is 0 Å². The molecule has 5 rings (SSSR count). The minimum atomic E-state index is -4.01. The van der Waals surface area contributed by atoms with Crippen LogP contribution in [0.5, 0.6) is 5.75 Å². The molecule has 0 fully saturated rings. The van der Waals surface area contributed by atoms with Crippen molar-refractivity contribution in [3.05, 3.63) is 82.2 Å². The molecule has 41 heavy (non-hydrogen) atoms. The highest BCUT2D eigenvalue weighted by molar-refractivity contribution is 7.87. The summed E-state index contributed by atoms with van der Waals surface area (Å²) in [5.74, 6) is -0.235. The fourth-order valence-electron chi connectivity index (χ4n) is 6.43. The predicted molar refractivity (Wildman–Crippen MR) is 157 cm³/mol. The van der Waals surface area contributed by atoms with E-state index < -0.39 is 16.0 Å². The van der Waals surface area contributed by atoms with Crippen molar-refractivity contribution in [1.82, 2.24) is 4.90 Å². The zero-order valence-corrected chi connectivity index (χ0v) is 25.6. The van der Waals surface area contributed by atoms with E-state index in [1.165, 1.54) is 12.1 Å². The van der Waals surface area contributed by atoms with Crippen molar-refractivity contribution < 1.29 is 26.9 Å². The second-order valence-electron chi connectivity index (χ2n) is 13.1. The van der Waals surface area contributed by atoms with E-state index in [4.69, 9.17) is 8.92 Å². The normalized spacial score (nSPS) is 20.7. The Morgan fingerprint density at radius 3 is 1.80 bits per heavy atom. The van der Waals surface area contributed by atoms with Gasteiger partial charge in [-0.3, -0.25) is 9.59 Å². The Labute approximate surface area is 243 Å². The van der Waals surface area contributed by atoms with Gasteiger partial charge in [0.2, 0.25) is 0 Å². The van der Waals surface area contributed by atoms with E-state index in [0.29, 0.717) is 37.1 Å². The van der Waals surface area contributed by atoms with E-state index >= 15 is 0 Å². The zero-order chi connectivity index (χ0) is 29.7. The van der Waals surface area contributed by atoms with E-state index in [2.05, 4.69) is 32.6 Å². The second-order valence-corrected chi connectivity index (χ2v) is 14.6. The highest BCUT2D eigenvalue weighted by atomic mass is 32.2. The zero-order valence-electron chi connectivity index (χ0n) is 24.7. The topological polar surface area (TPSA) is 90.0 Å². The third-order valence-corrected chi connectivity index (χ3v) is 9.53. The van der Waals surface area contributed by atoms with E-state index in [0.717, 1.165) is 35.4 Å². The van der Waals surface area contributed by atoms with Crippen molar-refractivity contribution in [2.75, 3.05) is 20.3 Å². The van der Waals surface area contributed by atoms with Gasteiger partial charge in [0.1, 0.15) is 10.6 Å². The Morgan fingerprint density at radius 2 is 1.32 bits per heavy atom. The number of hydrogen-bond acceptors (Lipinski definition) is 7. The molecule has 1 aliphatic heterocycles. The molecule has 8 heteroatoms. The Kier molecular flexibility index (Phi) is 7.53. The predicted octanol–water partition coefficient (Wildman–Crippen LogP) is 6.09. The van der Waals surface area contributed by atoms with Gasteiger partial charge in [0.05, 0.1) is 6.61 Å². The van der Waals surface area contributed by atoms with Gasteiger partial charge in [0.15, 0.2) is 11.6 Å². The van der Waals surface area contributed by atoms with Crippen LogP contribution in [-0.4, -0.2) is 45.1 Å². The Hall–Kier alpha value is -3.23. The monoisotopic (exact) mass is 577 g/mol. The van der Waals surface area contributed by atoms with Crippen LogP contribution in [0.1, 0.15) is 70.4 Å². The molecule has 0 amide bonds. The molecule has 0 N–H and O–H groups in total. The molecule has 0 atom stereocenters. The lowest BCUT2D eigenvalue weighted by Gasteiger charge is -2.49. The van der Waals surface area contributed by atoms with E-state index in [1.807, 2.05) is 6.92 Å². The molecule has 0 unspecified atom stereocenters. The SMILES string of the molecule is COCCN1C2=C(C(=O)CC(C)(C)C2)C(c2ccc(OS(=O)(=O)c3ccc(C)cc3)cc2)C2=C1CC(C)(C)CC2=O. The van der Waals surface area contributed by atoms with Gasteiger partial charge < -0.3 is 13.8 Å². The summed E-state index contributed by atoms with van der Waals surface area (Å²) in [6.07, 6.45) is 2.24. The van der Waals surface area contributed by atoms with Crippen LogP contribution in [0, 0.1) is 17.8 Å². The summed E-state index contributed by atoms with van der Waals surface area (Å²) >= 11 is 0. The standard InChI is InChI=1S/C33H39NO6S/c1-21-7-13-24(14-8-21)41(37,38)40-23-11-9-22(10-12-23)29-30-25(17-32(2,3)19-27(30)35)34(15-16-39-6)26-18-33(4,5)20-28(36)31(26)29/h7-14,29H,15-20H2,1-6H3. The van der Waals surface area contributed by atoms with Gasteiger partial charge >= 0.3 is 10.1 Å².